The van der Waals surface area contributed by atoms with Crippen LogP contribution in [-0.4, -0.2) is 37.6 Å². The second kappa shape index (κ2) is 6.72. The van der Waals surface area contributed by atoms with Crippen LogP contribution in [-0.2, 0) is 6.54 Å². The summed E-state index contributed by atoms with van der Waals surface area (Å²) < 4.78 is 30.9. The Labute approximate surface area is 143 Å². The average molecular weight is 344 g/mol. The van der Waals surface area contributed by atoms with Crippen molar-refractivity contribution in [1.82, 2.24) is 29.9 Å². The van der Waals surface area contributed by atoms with Crippen LogP contribution < -0.4 is 5.32 Å². The van der Waals surface area contributed by atoms with E-state index in [2.05, 4.69) is 20.6 Å². The normalized spacial score (nSPS) is 15.6. The molecule has 0 amide bonds. The van der Waals surface area contributed by atoms with Gasteiger partial charge in [-0.25, -0.2) is 18.4 Å². The fourth-order valence-electron chi connectivity index (χ4n) is 3.15. The molecule has 3 aromatic rings. The van der Waals surface area contributed by atoms with Crippen molar-refractivity contribution in [3.05, 3.63) is 54.0 Å². The molecule has 2 aromatic heterocycles. The highest BCUT2D eigenvalue weighted by atomic mass is 19.1. The predicted molar refractivity (Wildman–Crippen MR) is 87.8 cm³/mol. The largest absolute Gasteiger partial charge is 0.325 e. The molecule has 1 aliphatic heterocycles. The first kappa shape index (κ1) is 15.9. The summed E-state index contributed by atoms with van der Waals surface area (Å²) in [6.45, 7) is 2.11. The second-order valence-electron chi connectivity index (χ2n) is 6.18. The molecule has 1 aromatic carbocycles. The van der Waals surface area contributed by atoms with E-state index in [1.165, 1.54) is 6.07 Å². The predicted octanol–water partition coefficient (Wildman–Crippen LogP) is 2.39. The molecule has 130 valence electrons. The van der Waals surface area contributed by atoms with Gasteiger partial charge in [0.25, 0.3) is 0 Å². The highest BCUT2D eigenvalue weighted by Gasteiger charge is 2.18. The van der Waals surface area contributed by atoms with Crippen molar-refractivity contribution >= 4 is 0 Å². The lowest BCUT2D eigenvalue weighted by atomic mass is 10.1. The van der Waals surface area contributed by atoms with Crippen LogP contribution >= 0.6 is 0 Å². The fourth-order valence-corrected chi connectivity index (χ4v) is 3.15. The van der Waals surface area contributed by atoms with E-state index in [1.54, 1.807) is 17.0 Å². The van der Waals surface area contributed by atoms with Crippen LogP contribution in [0.4, 0.5) is 8.78 Å². The Hall–Kier alpha value is -2.61. The quantitative estimate of drug-likeness (QED) is 0.789. The third-order valence-electron chi connectivity index (χ3n) is 4.49. The van der Waals surface area contributed by atoms with E-state index in [4.69, 9.17) is 0 Å². The molecule has 1 aliphatic rings. The monoisotopic (exact) mass is 344 g/mol. The number of hydrogen-bond acceptors (Lipinski definition) is 4. The summed E-state index contributed by atoms with van der Waals surface area (Å²) in [6.07, 6.45) is 7.23. The minimum atomic E-state index is -0.463. The summed E-state index contributed by atoms with van der Waals surface area (Å²) in [5.74, 6) is -0.321. The van der Waals surface area contributed by atoms with Gasteiger partial charge < -0.3 is 9.88 Å². The Bertz CT molecular complexity index is 866. The molecular formula is C17H18F2N6. The zero-order valence-electron chi connectivity index (χ0n) is 13.6. The van der Waals surface area contributed by atoms with Gasteiger partial charge in [0.1, 0.15) is 17.3 Å². The maximum atomic E-state index is 13.9. The van der Waals surface area contributed by atoms with Gasteiger partial charge in [-0.1, -0.05) is 5.21 Å². The smallest absolute Gasteiger partial charge is 0.162 e. The average Bonchev–Trinajstić information content (AvgIpc) is 3.28. The van der Waals surface area contributed by atoms with Crippen LogP contribution in [0.5, 0.6) is 0 Å². The highest BCUT2D eigenvalue weighted by Crippen LogP contribution is 2.22. The number of nitrogens with zero attached hydrogens (tertiary/aromatic N) is 5. The standard InChI is InChI=1S/C17H18F2N6/c18-13-1-2-15(19)12(9-13)10-24-8-7-21-17(24)16-11-25(23-22-16)14-3-5-20-6-4-14/h1-2,7-9,11,14,20H,3-6,10H2. The lowest BCUT2D eigenvalue weighted by Crippen LogP contribution is -2.29. The van der Waals surface area contributed by atoms with Gasteiger partial charge in [-0.05, 0) is 44.1 Å². The van der Waals surface area contributed by atoms with Crippen molar-refractivity contribution in [2.75, 3.05) is 13.1 Å². The number of piperidine rings is 1. The fraction of sp³-hybridized carbons (Fsp3) is 0.353. The van der Waals surface area contributed by atoms with Gasteiger partial charge in [-0.2, -0.15) is 0 Å². The van der Waals surface area contributed by atoms with Crippen molar-refractivity contribution in [1.29, 1.82) is 0 Å². The minimum absolute atomic E-state index is 0.180. The number of hydrogen-bond donors (Lipinski definition) is 1. The molecule has 6 nitrogen and oxygen atoms in total. The van der Waals surface area contributed by atoms with E-state index < -0.39 is 11.6 Å². The molecule has 1 fully saturated rings. The molecule has 0 unspecified atom stereocenters. The number of halogens is 2. The first-order chi connectivity index (χ1) is 12.2. The molecule has 0 saturated carbocycles. The van der Waals surface area contributed by atoms with Crippen LogP contribution in [0.25, 0.3) is 11.5 Å². The first-order valence-electron chi connectivity index (χ1n) is 8.29. The molecule has 0 bridgehead atoms. The number of rotatable bonds is 4. The van der Waals surface area contributed by atoms with Crippen molar-refractivity contribution in [2.24, 2.45) is 0 Å². The van der Waals surface area contributed by atoms with E-state index in [0.29, 0.717) is 17.6 Å². The Kier molecular flexibility index (Phi) is 4.27. The van der Waals surface area contributed by atoms with E-state index in [0.717, 1.165) is 38.1 Å². The Morgan fingerprint density at radius 1 is 1.20 bits per heavy atom. The molecule has 1 N–H and O–H groups in total. The van der Waals surface area contributed by atoms with Gasteiger partial charge in [0, 0.05) is 18.0 Å². The van der Waals surface area contributed by atoms with Gasteiger partial charge in [-0.15, -0.1) is 5.10 Å². The van der Waals surface area contributed by atoms with Crippen LogP contribution in [0.1, 0.15) is 24.4 Å². The first-order valence-corrected chi connectivity index (χ1v) is 8.29. The second-order valence-corrected chi connectivity index (χ2v) is 6.18. The van der Waals surface area contributed by atoms with Crippen molar-refractivity contribution in [3.63, 3.8) is 0 Å². The summed E-state index contributed by atoms with van der Waals surface area (Å²) in [5.41, 5.74) is 0.894. The van der Waals surface area contributed by atoms with E-state index in [-0.39, 0.29) is 12.1 Å². The zero-order valence-corrected chi connectivity index (χ0v) is 13.6. The number of aromatic nitrogens is 5. The molecule has 3 heterocycles. The lowest BCUT2D eigenvalue weighted by molar-refractivity contribution is 0.337. The number of benzene rings is 1. The van der Waals surface area contributed by atoms with Crippen LogP contribution in [0, 0.1) is 11.6 Å². The maximum Gasteiger partial charge on any atom is 0.162 e. The molecular weight excluding hydrogens is 326 g/mol. The van der Waals surface area contributed by atoms with Gasteiger partial charge in [0.2, 0.25) is 0 Å². The third-order valence-corrected chi connectivity index (χ3v) is 4.49. The van der Waals surface area contributed by atoms with Crippen LogP contribution in [0.3, 0.4) is 0 Å². The van der Waals surface area contributed by atoms with E-state index >= 15 is 0 Å². The Morgan fingerprint density at radius 3 is 2.88 bits per heavy atom. The summed E-state index contributed by atoms with van der Waals surface area (Å²) in [4.78, 5) is 4.31. The minimum Gasteiger partial charge on any atom is -0.325 e. The maximum absolute atomic E-state index is 13.9. The Balaban J connectivity index is 1.59. The molecule has 1 saturated heterocycles. The van der Waals surface area contributed by atoms with E-state index in [9.17, 15) is 8.78 Å². The molecule has 25 heavy (non-hydrogen) atoms. The molecule has 0 atom stereocenters. The Morgan fingerprint density at radius 2 is 2.04 bits per heavy atom. The van der Waals surface area contributed by atoms with Gasteiger partial charge in [0.15, 0.2) is 5.82 Å². The zero-order chi connectivity index (χ0) is 17.2. The van der Waals surface area contributed by atoms with E-state index in [1.807, 2.05) is 10.9 Å². The summed E-state index contributed by atoms with van der Waals surface area (Å²) in [6, 6.07) is 3.77. The van der Waals surface area contributed by atoms with Gasteiger partial charge >= 0.3 is 0 Å². The lowest BCUT2D eigenvalue weighted by Gasteiger charge is -2.22. The van der Waals surface area contributed by atoms with Crippen LogP contribution in [0.2, 0.25) is 0 Å². The molecule has 8 heteroatoms. The van der Waals surface area contributed by atoms with Gasteiger partial charge in [0.05, 0.1) is 18.8 Å². The summed E-state index contributed by atoms with van der Waals surface area (Å²) in [7, 11) is 0. The SMILES string of the molecule is Fc1ccc(F)c(Cn2ccnc2-c2cn(C3CCNCC3)nn2)c1. The van der Waals surface area contributed by atoms with Crippen molar-refractivity contribution < 1.29 is 8.78 Å². The molecule has 4 rings (SSSR count). The molecule has 0 spiro atoms. The third kappa shape index (κ3) is 3.30. The van der Waals surface area contributed by atoms with Crippen LogP contribution in [0.15, 0.2) is 36.8 Å². The molecule has 0 aliphatic carbocycles. The molecule has 0 radical (unpaired) electrons. The summed E-state index contributed by atoms with van der Waals surface area (Å²) >= 11 is 0. The van der Waals surface area contributed by atoms with Gasteiger partial charge in [-0.3, -0.25) is 0 Å². The number of nitrogens with one attached hydrogen (secondary N) is 1. The van der Waals surface area contributed by atoms with Crippen molar-refractivity contribution in [3.8, 4) is 11.5 Å². The highest BCUT2D eigenvalue weighted by molar-refractivity contribution is 5.47. The number of imidazole rings is 1. The van der Waals surface area contributed by atoms with Crippen molar-refractivity contribution in [2.45, 2.75) is 25.4 Å². The summed E-state index contributed by atoms with van der Waals surface area (Å²) in [5, 5.41) is 11.8. The topological polar surface area (TPSA) is 60.6 Å².